The van der Waals surface area contributed by atoms with Crippen LogP contribution >= 0.6 is 0 Å². The van der Waals surface area contributed by atoms with Crippen molar-refractivity contribution in [2.45, 2.75) is 77.7 Å². The zero-order chi connectivity index (χ0) is 32.5. The molecule has 0 unspecified atom stereocenters. The number of hydrogen-bond donors (Lipinski definition) is 4. The van der Waals surface area contributed by atoms with Crippen molar-refractivity contribution in [3.05, 3.63) is 59.7 Å². The third-order valence-corrected chi connectivity index (χ3v) is 7.70. The second kappa shape index (κ2) is 19.1. The monoisotopic (exact) mass is 622 g/mol. The Bertz CT molecular complexity index is 1170. The minimum atomic E-state index is -0.487. The van der Waals surface area contributed by atoms with E-state index in [0.717, 1.165) is 62.6 Å². The van der Waals surface area contributed by atoms with Gasteiger partial charge in [-0.25, -0.2) is 4.79 Å². The summed E-state index contributed by atoms with van der Waals surface area (Å²) in [5.74, 6) is 0.148. The van der Waals surface area contributed by atoms with Gasteiger partial charge in [0.1, 0.15) is 5.60 Å². The maximum Gasteiger partial charge on any atom is 0.407 e. The van der Waals surface area contributed by atoms with Gasteiger partial charge >= 0.3 is 6.09 Å². The molecular weight excluding hydrogens is 568 g/mol. The number of amides is 3. The maximum absolute atomic E-state index is 12.0. The van der Waals surface area contributed by atoms with Crippen molar-refractivity contribution in [3.63, 3.8) is 0 Å². The van der Waals surface area contributed by atoms with Crippen LogP contribution in [0.3, 0.4) is 0 Å². The molecule has 0 bridgehead atoms. The molecule has 0 aliphatic carbocycles. The predicted octanol–water partition coefficient (Wildman–Crippen LogP) is 4.79. The summed E-state index contributed by atoms with van der Waals surface area (Å²) in [4.78, 5) is 40.1. The van der Waals surface area contributed by atoms with Gasteiger partial charge in [0.25, 0.3) is 0 Å². The van der Waals surface area contributed by atoms with Crippen molar-refractivity contribution in [2.24, 2.45) is 5.73 Å². The highest BCUT2D eigenvalue weighted by Gasteiger charge is 2.16. The Morgan fingerprint density at radius 3 is 1.53 bits per heavy atom. The molecule has 0 aromatic heterocycles. The second-order valence-electron chi connectivity index (χ2n) is 12.8. The van der Waals surface area contributed by atoms with E-state index in [0.29, 0.717) is 32.4 Å². The summed E-state index contributed by atoms with van der Waals surface area (Å²) in [6.07, 6.45) is 7.31. The molecule has 10 heteroatoms. The van der Waals surface area contributed by atoms with E-state index in [-0.39, 0.29) is 11.8 Å². The number of carbonyl (C=O) groups is 3. The Labute approximate surface area is 269 Å². The first kappa shape index (κ1) is 36.0. The zero-order valence-corrected chi connectivity index (χ0v) is 27.5. The van der Waals surface area contributed by atoms with E-state index in [1.54, 1.807) is 0 Å². The van der Waals surface area contributed by atoms with Crippen LogP contribution in [0.15, 0.2) is 48.5 Å². The van der Waals surface area contributed by atoms with Gasteiger partial charge in [-0.05, 0) is 127 Å². The van der Waals surface area contributed by atoms with E-state index in [4.69, 9.17) is 10.5 Å². The van der Waals surface area contributed by atoms with Crippen LogP contribution in [-0.2, 0) is 27.2 Å². The first-order chi connectivity index (χ1) is 21.6. The summed E-state index contributed by atoms with van der Waals surface area (Å²) in [6, 6.07) is 15.6. The quantitative estimate of drug-likeness (QED) is 0.253. The number of nitrogens with two attached hydrogens (primary N) is 1. The highest BCUT2D eigenvalue weighted by molar-refractivity contribution is 5.91. The molecule has 4 rings (SSSR count). The molecule has 0 saturated carbocycles. The van der Waals surface area contributed by atoms with Crippen LogP contribution in [-0.4, -0.2) is 85.7 Å². The molecule has 2 saturated heterocycles. The summed E-state index contributed by atoms with van der Waals surface area (Å²) in [5, 5.41) is 8.62. The molecular formula is C35H54N6O4. The maximum atomic E-state index is 12.0. The van der Waals surface area contributed by atoms with E-state index < -0.39 is 11.7 Å². The van der Waals surface area contributed by atoms with Crippen LogP contribution in [0.1, 0.15) is 70.4 Å². The summed E-state index contributed by atoms with van der Waals surface area (Å²) in [7, 11) is 0. The lowest BCUT2D eigenvalue weighted by atomic mass is 10.1. The molecule has 10 nitrogen and oxygen atoms in total. The standard InChI is InChI=1S/C20H31N3O3.C15H23N3O/c1-20(2,3)26-19(25)21-12-10-16-6-8-17(9-7-16)22-18(24)11-15-23-13-4-5-14-23;16-9-7-13-3-5-14(6-4-13)17-15(19)8-12-18-10-1-2-11-18/h6-9H,4-5,10-15H2,1-3H3,(H,21,25)(H,22,24);3-6H,1-2,7-12,16H2,(H,17,19). The van der Waals surface area contributed by atoms with Crippen LogP contribution in [0.5, 0.6) is 0 Å². The molecule has 2 aliphatic heterocycles. The van der Waals surface area contributed by atoms with Gasteiger partial charge in [0, 0.05) is 43.9 Å². The fourth-order valence-electron chi connectivity index (χ4n) is 5.28. The number of rotatable bonds is 13. The van der Waals surface area contributed by atoms with Gasteiger partial charge in [-0.3, -0.25) is 9.59 Å². The molecule has 0 radical (unpaired) electrons. The van der Waals surface area contributed by atoms with Gasteiger partial charge in [-0.15, -0.1) is 0 Å². The van der Waals surface area contributed by atoms with Crippen molar-refractivity contribution in [1.29, 1.82) is 0 Å². The number of alkyl carbamates (subject to hydrolysis) is 1. The van der Waals surface area contributed by atoms with Gasteiger partial charge in [-0.1, -0.05) is 24.3 Å². The molecule has 45 heavy (non-hydrogen) atoms. The second-order valence-corrected chi connectivity index (χ2v) is 12.8. The molecule has 0 spiro atoms. The summed E-state index contributed by atoms with van der Waals surface area (Å²) in [6.45, 7) is 12.9. The number of nitrogens with zero attached hydrogens (tertiary/aromatic N) is 2. The number of carbonyl (C=O) groups excluding carboxylic acids is 3. The summed E-state index contributed by atoms with van der Waals surface area (Å²) >= 11 is 0. The third kappa shape index (κ3) is 15.4. The van der Waals surface area contributed by atoms with Crippen LogP contribution in [0.25, 0.3) is 0 Å². The van der Waals surface area contributed by atoms with E-state index in [2.05, 4.69) is 25.8 Å². The minimum absolute atomic E-state index is 0.0521. The smallest absolute Gasteiger partial charge is 0.407 e. The van der Waals surface area contributed by atoms with Gasteiger partial charge in [0.15, 0.2) is 0 Å². The molecule has 5 N–H and O–H groups in total. The lowest BCUT2D eigenvalue weighted by Gasteiger charge is -2.19. The lowest BCUT2D eigenvalue weighted by molar-refractivity contribution is -0.117. The molecule has 248 valence electrons. The predicted molar refractivity (Wildman–Crippen MR) is 181 cm³/mol. The lowest BCUT2D eigenvalue weighted by Crippen LogP contribution is -2.33. The number of benzene rings is 2. The molecule has 2 heterocycles. The van der Waals surface area contributed by atoms with E-state index in [9.17, 15) is 14.4 Å². The van der Waals surface area contributed by atoms with Gasteiger partial charge in [0.05, 0.1) is 0 Å². The van der Waals surface area contributed by atoms with Crippen molar-refractivity contribution >= 4 is 29.3 Å². The average Bonchev–Trinajstić information content (AvgIpc) is 3.72. The SMILES string of the molecule is CC(C)(C)OC(=O)NCCc1ccc(NC(=O)CCN2CCCC2)cc1.NCCc1ccc(NC(=O)CCN2CCCC2)cc1. The number of anilines is 2. The zero-order valence-electron chi connectivity index (χ0n) is 27.5. The Morgan fingerprint density at radius 1 is 0.711 bits per heavy atom. The van der Waals surface area contributed by atoms with E-state index in [1.165, 1.54) is 31.2 Å². The normalized spacial score (nSPS) is 15.2. The Kier molecular flexibility index (Phi) is 15.3. The average molecular weight is 623 g/mol. The topological polar surface area (TPSA) is 129 Å². The summed E-state index contributed by atoms with van der Waals surface area (Å²) in [5.41, 5.74) is 8.99. The molecule has 2 aliphatic rings. The van der Waals surface area contributed by atoms with Crippen molar-refractivity contribution in [1.82, 2.24) is 15.1 Å². The fourth-order valence-corrected chi connectivity index (χ4v) is 5.28. The Balaban J connectivity index is 0.000000257. The van der Waals surface area contributed by atoms with Crippen LogP contribution in [0.4, 0.5) is 16.2 Å². The molecule has 2 aromatic carbocycles. The van der Waals surface area contributed by atoms with Crippen molar-refractivity contribution in [3.8, 4) is 0 Å². The highest BCUT2D eigenvalue weighted by Crippen LogP contribution is 2.13. The van der Waals surface area contributed by atoms with Gasteiger partial charge in [0.2, 0.25) is 11.8 Å². The molecule has 3 amide bonds. The number of ether oxygens (including phenoxy) is 1. The first-order valence-electron chi connectivity index (χ1n) is 16.5. The molecule has 2 aromatic rings. The highest BCUT2D eigenvalue weighted by atomic mass is 16.6. The number of likely N-dealkylation sites (tertiary alicyclic amines) is 2. The van der Waals surface area contributed by atoms with E-state index >= 15 is 0 Å². The summed E-state index contributed by atoms with van der Waals surface area (Å²) < 4.78 is 5.20. The van der Waals surface area contributed by atoms with Crippen LogP contribution in [0.2, 0.25) is 0 Å². The van der Waals surface area contributed by atoms with Gasteiger partial charge < -0.3 is 36.2 Å². The Hall–Kier alpha value is -3.47. The number of nitrogens with one attached hydrogen (secondary N) is 3. The minimum Gasteiger partial charge on any atom is -0.444 e. The fraction of sp³-hybridized carbons (Fsp3) is 0.571. The largest absolute Gasteiger partial charge is 0.444 e. The third-order valence-electron chi connectivity index (χ3n) is 7.70. The van der Waals surface area contributed by atoms with Crippen molar-refractivity contribution < 1.29 is 19.1 Å². The first-order valence-corrected chi connectivity index (χ1v) is 16.5. The Morgan fingerprint density at radius 2 is 1.13 bits per heavy atom. The van der Waals surface area contributed by atoms with E-state index in [1.807, 2.05) is 69.3 Å². The van der Waals surface area contributed by atoms with Gasteiger partial charge in [-0.2, -0.15) is 0 Å². The van der Waals surface area contributed by atoms with Crippen LogP contribution in [0, 0.1) is 0 Å². The van der Waals surface area contributed by atoms with Crippen molar-refractivity contribution in [2.75, 3.05) is 63.0 Å². The van der Waals surface area contributed by atoms with Crippen LogP contribution < -0.4 is 21.7 Å². The number of hydrogen-bond acceptors (Lipinski definition) is 7. The molecule has 0 atom stereocenters. The molecule has 2 fully saturated rings.